The van der Waals surface area contributed by atoms with Crippen molar-refractivity contribution in [2.45, 2.75) is 6.04 Å². The lowest BCUT2D eigenvalue weighted by molar-refractivity contribution is -0.120. The molecule has 2 rings (SSSR count). The van der Waals surface area contributed by atoms with Gasteiger partial charge in [0, 0.05) is 17.0 Å². The third-order valence-electron chi connectivity index (χ3n) is 3.43. The molecule has 0 aliphatic heterocycles. The molecule has 2 amide bonds. The normalized spacial score (nSPS) is 12.0. The zero-order valence-corrected chi connectivity index (χ0v) is 14.1. The number of hydrogen-bond donors (Lipinski definition) is 2. The number of thiophene rings is 1. The lowest BCUT2D eigenvalue weighted by atomic mass is 10.2. The van der Waals surface area contributed by atoms with Crippen LogP contribution >= 0.6 is 11.3 Å². The molecule has 2 N–H and O–H groups in total. The third kappa shape index (κ3) is 5.19. The Morgan fingerprint density at radius 2 is 1.83 bits per heavy atom. The first-order valence-electron chi connectivity index (χ1n) is 7.37. The molecule has 0 fully saturated rings. The first kappa shape index (κ1) is 17.2. The fourth-order valence-corrected chi connectivity index (χ4v) is 3.07. The Balaban J connectivity index is 1.79. The Bertz CT molecular complexity index is 627. The van der Waals surface area contributed by atoms with E-state index in [0.717, 1.165) is 0 Å². The topological polar surface area (TPSA) is 61.4 Å². The van der Waals surface area contributed by atoms with Crippen molar-refractivity contribution in [3.05, 3.63) is 58.3 Å². The van der Waals surface area contributed by atoms with E-state index in [-0.39, 0.29) is 24.4 Å². The van der Waals surface area contributed by atoms with Crippen LogP contribution in [0.5, 0.6) is 0 Å². The van der Waals surface area contributed by atoms with Gasteiger partial charge in [-0.2, -0.15) is 0 Å². The number of nitrogens with one attached hydrogen (secondary N) is 2. The smallest absolute Gasteiger partial charge is 0.251 e. The fourth-order valence-electron chi connectivity index (χ4n) is 2.14. The molecule has 122 valence electrons. The van der Waals surface area contributed by atoms with Gasteiger partial charge < -0.3 is 15.5 Å². The van der Waals surface area contributed by atoms with E-state index in [0.29, 0.717) is 12.1 Å². The van der Waals surface area contributed by atoms with E-state index in [4.69, 9.17) is 0 Å². The molecule has 0 spiro atoms. The number of rotatable bonds is 7. The zero-order chi connectivity index (χ0) is 16.7. The number of benzene rings is 1. The second-order valence-corrected chi connectivity index (χ2v) is 6.33. The van der Waals surface area contributed by atoms with Gasteiger partial charge in [-0.3, -0.25) is 9.59 Å². The number of nitrogens with zero attached hydrogens (tertiary/aromatic N) is 1. The number of carbonyl (C=O) groups excluding carboxylic acids is 2. The molecule has 0 saturated carbocycles. The Morgan fingerprint density at radius 1 is 1.09 bits per heavy atom. The van der Waals surface area contributed by atoms with Crippen LogP contribution in [-0.2, 0) is 4.79 Å². The van der Waals surface area contributed by atoms with Crippen LogP contribution in [0.25, 0.3) is 0 Å². The minimum Gasteiger partial charge on any atom is -0.353 e. The molecule has 23 heavy (non-hydrogen) atoms. The van der Waals surface area contributed by atoms with Gasteiger partial charge in [-0.25, -0.2) is 0 Å². The SMILES string of the molecule is CN(C)C(CNC(=O)CNC(=O)c1ccccc1)c1cccs1. The highest BCUT2D eigenvalue weighted by atomic mass is 32.1. The molecule has 0 bridgehead atoms. The molecule has 0 aliphatic rings. The molecule has 1 aromatic heterocycles. The maximum absolute atomic E-state index is 11.9. The molecule has 1 aromatic carbocycles. The standard InChI is InChI=1S/C17H21N3O2S/c1-20(2)14(15-9-6-10-23-15)11-18-16(21)12-19-17(22)13-7-4-3-5-8-13/h3-10,14H,11-12H2,1-2H3,(H,18,21)(H,19,22). The second kappa shape index (κ2) is 8.45. The van der Waals surface area contributed by atoms with Crippen molar-refractivity contribution < 1.29 is 9.59 Å². The van der Waals surface area contributed by atoms with Gasteiger partial charge in [0.1, 0.15) is 0 Å². The molecular formula is C17H21N3O2S. The molecule has 1 heterocycles. The first-order chi connectivity index (χ1) is 11.1. The molecular weight excluding hydrogens is 310 g/mol. The third-order valence-corrected chi connectivity index (χ3v) is 4.41. The Kier molecular flexibility index (Phi) is 6.31. The highest BCUT2D eigenvalue weighted by Crippen LogP contribution is 2.22. The van der Waals surface area contributed by atoms with Gasteiger partial charge in [0.15, 0.2) is 0 Å². The second-order valence-electron chi connectivity index (χ2n) is 5.35. The van der Waals surface area contributed by atoms with Crippen molar-refractivity contribution in [3.8, 4) is 0 Å². The van der Waals surface area contributed by atoms with Crippen LogP contribution in [0.2, 0.25) is 0 Å². The van der Waals surface area contributed by atoms with Crippen LogP contribution in [0.1, 0.15) is 21.3 Å². The summed E-state index contributed by atoms with van der Waals surface area (Å²) >= 11 is 1.66. The summed E-state index contributed by atoms with van der Waals surface area (Å²) < 4.78 is 0. The summed E-state index contributed by atoms with van der Waals surface area (Å²) in [7, 11) is 3.96. The molecule has 0 aliphatic carbocycles. The summed E-state index contributed by atoms with van der Waals surface area (Å²) in [6, 6.07) is 13.0. The maximum Gasteiger partial charge on any atom is 0.251 e. The van der Waals surface area contributed by atoms with E-state index < -0.39 is 0 Å². The average molecular weight is 331 g/mol. The van der Waals surface area contributed by atoms with E-state index in [9.17, 15) is 9.59 Å². The summed E-state index contributed by atoms with van der Waals surface area (Å²) in [4.78, 5) is 27.1. The highest BCUT2D eigenvalue weighted by molar-refractivity contribution is 7.10. The van der Waals surface area contributed by atoms with Crippen molar-refractivity contribution in [2.75, 3.05) is 27.2 Å². The van der Waals surface area contributed by atoms with E-state index in [1.165, 1.54) is 4.88 Å². The van der Waals surface area contributed by atoms with E-state index >= 15 is 0 Å². The van der Waals surface area contributed by atoms with Gasteiger partial charge in [0.2, 0.25) is 5.91 Å². The van der Waals surface area contributed by atoms with Crippen LogP contribution < -0.4 is 10.6 Å². The summed E-state index contributed by atoms with van der Waals surface area (Å²) in [5.74, 6) is -0.444. The van der Waals surface area contributed by atoms with Crippen molar-refractivity contribution in [2.24, 2.45) is 0 Å². The highest BCUT2D eigenvalue weighted by Gasteiger charge is 2.16. The molecule has 1 atom stereocenters. The molecule has 1 unspecified atom stereocenters. The van der Waals surface area contributed by atoms with Crippen molar-refractivity contribution >= 4 is 23.2 Å². The number of hydrogen-bond acceptors (Lipinski definition) is 4. The van der Waals surface area contributed by atoms with Crippen LogP contribution in [-0.4, -0.2) is 43.9 Å². The number of amides is 2. The monoisotopic (exact) mass is 331 g/mol. The van der Waals surface area contributed by atoms with Crippen LogP contribution in [0, 0.1) is 0 Å². The Labute approximate surface area is 140 Å². The van der Waals surface area contributed by atoms with Gasteiger partial charge in [-0.15, -0.1) is 11.3 Å². The van der Waals surface area contributed by atoms with Crippen LogP contribution in [0.15, 0.2) is 47.8 Å². The van der Waals surface area contributed by atoms with Gasteiger partial charge in [0.25, 0.3) is 5.91 Å². The summed E-state index contributed by atoms with van der Waals surface area (Å²) in [6.07, 6.45) is 0. The van der Waals surface area contributed by atoms with Gasteiger partial charge in [-0.1, -0.05) is 24.3 Å². The van der Waals surface area contributed by atoms with Crippen molar-refractivity contribution in [1.82, 2.24) is 15.5 Å². The van der Waals surface area contributed by atoms with Gasteiger partial charge in [-0.05, 0) is 37.7 Å². The Hall–Kier alpha value is -2.18. The maximum atomic E-state index is 11.9. The molecule has 2 aromatic rings. The minimum atomic E-state index is -0.247. The average Bonchev–Trinajstić information content (AvgIpc) is 3.07. The summed E-state index contributed by atoms with van der Waals surface area (Å²) in [5, 5.41) is 7.52. The largest absolute Gasteiger partial charge is 0.353 e. The molecule has 5 nitrogen and oxygen atoms in total. The Morgan fingerprint density at radius 3 is 2.43 bits per heavy atom. The van der Waals surface area contributed by atoms with E-state index in [1.54, 1.807) is 35.6 Å². The predicted molar refractivity (Wildman–Crippen MR) is 92.5 cm³/mol. The van der Waals surface area contributed by atoms with Crippen LogP contribution in [0.4, 0.5) is 0 Å². The van der Waals surface area contributed by atoms with E-state index in [2.05, 4.69) is 21.6 Å². The quantitative estimate of drug-likeness (QED) is 0.814. The minimum absolute atomic E-state index is 0.0294. The van der Waals surface area contributed by atoms with Gasteiger partial charge in [0.05, 0.1) is 12.6 Å². The predicted octanol–water partition coefficient (Wildman–Crippen LogP) is 1.90. The van der Waals surface area contributed by atoms with Crippen molar-refractivity contribution in [1.29, 1.82) is 0 Å². The fraction of sp³-hybridized carbons (Fsp3) is 0.294. The molecule has 0 radical (unpaired) electrons. The summed E-state index contributed by atoms with van der Waals surface area (Å²) in [6.45, 7) is 0.478. The number of likely N-dealkylation sites (N-methyl/N-ethyl adjacent to an activating group) is 1. The summed E-state index contributed by atoms with van der Waals surface area (Å²) in [5.41, 5.74) is 0.546. The zero-order valence-electron chi connectivity index (χ0n) is 13.3. The van der Waals surface area contributed by atoms with Crippen molar-refractivity contribution in [3.63, 3.8) is 0 Å². The van der Waals surface area contributed by atoms with E-state index in [1.807, 2.05) is 31.6 Å². The molecule has 0 saturated heterocycles. The number of carbonyl (C=O) groups is 2. The molecule has 6 heteroatoms. The van der Waals surface area contributed by atoms with Crippen LogP contribution in [0.3, 0.4) is 0 Å². The first-order valence-corrected chi connectivity index (χ1v) is 8.25. The van der Waals surface area contributed by atoms with Gasteiger partial charge >= 0.3 is 0 Å². The lowest BCUT2D eigenvalue weighted by Crippen LogP contribution is -2.40. The lowest BCUT2D eigenvalue weighted by Gasteiger charge is -2.23.